The lowest BCUT2D eigenvalue weighted by Crippen LogP contribution is -2.34. The van der Waals surface area contributed by atoms with Crippen molar-refractivity contribution in [1.29, 1.82) is 0 Å². The van der Waals surface area contributed by atoms with Crippen LogP contribution in [-0.2, 0) is 6.61 Å². The van der Waals surface area contributed by atoms with Gasteiger partial charge in [0.1, 0.15) is 18.5 Å². The van der Waals surface area contributed by atoms with E-state index in [1.807, 2.05) is 66.7 Å². The molecule has 0 radical (unpaired) electrons. The highest BCUT2D eigenvalue weighted by atomic mass is 16.3. The van der Waals surface area contributed by atoms with Crippen LogP contribution in [0, 0.1) is 0 Å². The number of amides is 2. The first-order valence-electron chi connectivity index (χ1n) is 12.9. The Bertz CT molecular complexity index is 1700. The molecule has 6 rings (SSSR count). The third-order valence-corrected chi connectivity index (χ3v) is 6.96. The molecule has 8 nitrogen and oxygen atoms in total. The number of hydrogen-bond acceptors (Lipinski definition) is 5. The van der Waals surface area contributed by atoms with Crippen molar-refractivity contribution in [3.8, 4) is 22.4 Å². The molecule has 198 valence electrons. The molecule has 4 N–H and O–H groups in total. The number of aliphatic hydroxyl groups excluding tert-OH is 2. The van der Waals surface area contributed by atoms with Crippen LogP contribution in [0.2, 0.25) is 0 Å². The number of fused-ring (bicyclic) bond motifs is 3. The van der Waals surface area contributed by atoms with Crippen LogP contribution in [0.1, 0.15) is 38.3 Å². The number of aromatic amines is 1. The Kier molecular flexibility index (Phi) is 6.69. The molecule has 40 heavy (non-hydrogen) atoms. The summed E-state index contributed by atoms with van der Waals surface area (Å²) in [5.41, 5.74) is 5.53. The summed E-state index contributed by atoms with van der Waals surface area (Å²) in [5.74, 6) is -0.201. The summed E-state index contributed by atoms with van der Waals surface area (Å²) in [5, 5.41) is 23.4. The van der Waals surface area contributed by atoms with Gasteiger partial charge in [-0.05, 0) is 47.5 Å². The SMILES string of the molecule is O=C(Nc1ccc(C(=O)N2CC(O)c3[nH]c(CO)nc3-c3ccccc32)cc1)c1ccccc1-c1ccccc1. The van der Waals surface area contributed by atoms with E-state index in [0.29, 0.717) is 45.3 Å². The first-order valence-corrected chi connectivity index (χ1v) is 12.9. The van der Waals surface area contributed by atoms with Gasteiger partial charge in [-0.1, -0.05) is 66.7 Å². The average Bonchev–Trinajstić information content (AvgIpc) is 3.41. The normalized spacial score (nSPS) is 14.2. The molecule has 1 aliphatic rings. The Morgan fingerprint density at radius 3 is 2.30 bits per heavy atom. The molecule has 5 aromatic rings. The fourth-order valence-corrected chi connectivity index (χ4v) is 5.02. The van der Waals surface area contributed by atoms with Gasteiger partial charge in [0.2, 0.25) is 0 Å². The summed E-state index contributed by atoms with van der Waals surface area (Å²) < 4.78 is 0. The molecule has 0 saturated carbocycles. The van der Waals surface area contributed by atoms with E-state index in [2.05, 4.69) is 15.3 Å². The highest BCUT2D eigenvalue weighted by molar-refractivity contribution is 6.10. The molecule has 0 fully saturated rings. The van der Waals surface area contributed by atoms with Gasteiger partial charge in [-0.25, -0.2) is 4.98 Å². The summed E-state index contributed by atoms with van der Waals surface area (Å²) in [7, 11) is 0. The summed E-state index contributed by atoms with van der Waals surface area (Å²) in [6.45, 7) is -0.282. The smallest absolute Gasteiger partial charge is 0.258 e. The van der Waals surface area contributed by atoms with Crippen molar-refractivity contribution < 1.29 is 19.8 Å². The number of aromatic nitrogens is 2. The predicted octanol–water partition coefficient (Wildman–Crippen LogP) is 5.18. The van der Waals surface area contributed by atoms with E-state index >= 15 is 0 Å². The molecular weight excluding hydrogens is 504 g/mol. The number of nitrogens with one attached hydrogen (secondary N) is 2. The van der Waals surface area contributed by atoms with Crippen molar-refractivity contribution in [2.75, 3.05) is 16.8 Å². The predicted molar refractivity (Wildman–Crippen MR) is 153 cm³/mol. The highest BCUT2D eigenvalue weighted by Gasteiger charge is 2.32. The molecule has 1 unspecified atom stereocenters. The van der Waals surface area contributed by atoms with Gasteiger partial charge in [-0.3, -0.25) is 9.59 Å². The molecular formula is C32H26N4O4. The zero-order chi connectivity index (χ0) is 27.6. The Hall–Kier alpha value is -5.05. The minimum atomic E-state index is -1.03. The number of carbonyl (C=O) groups is 2. The van der Waals surface area contributed by atoms with Gasteiger partial charge in [0.25, 0.3) is 11.8 Å². The van der Waals surface area contributed by atoms with Crippen LogP contribution in [-0.4, -0.2) is 38.5 Å². The van der Waals surface area contributed by atoms with Crippen LogP contribution in [0.25, 0.3) is 22.4 Å². The van der Waals surface area contributed by atoms with E-state index in [1.165, 1.54) is 4.90 Å². The third-order valence-electron chi connectivity index (χ3n) is 6.96. The van der Waals surface area contributed by atoms with Crippen molar-refractivity contribution in [2.24, 2.45) is 0 Å². The van der Waals surface area contributed by atoms with Crippen molar-refractivity contribution in [3.05, 3.63) is 126 Å². The molecule has 0 spiro atoms. The van der Waals surface area contributed by atoms with Gasteiger partial charge in [-0.2, -0.15) is 0 Å². The number of H-pyrrole nitrogens is 1. The van der Waals surface area contributed by atoms with Crippen molar-refractivity contribution in [3.63, 3.8) is 0 Å². The fraction of sp³-hybridized carbons (Fsp3) is 0.0938. The minimum absolute atomic E-state index is 0.00463. The van der Waals surface area contributed by atoms with E-state index in [0.717, 1.165) is 11.1 Å². The van der Waals surface area contributed by atoms with E-state index in [4.69, 9.17) is 0 Å². The summed E-state index contributed by atoms with van der Waals surface area (Å²) in [4.78, 5) is 35.8. The number of para-hydroxylation sites is 1. The topological polar surface area (TPSA) is 119 Å². The minimum Gasteiger partial charge on any atom is -0.388 e. The van der Waals surface area contributed by atoms with Gasteiger partial charge in [0.15, 0.2) is 0 Å². The zero-order valence-corrected chi connectivity index (χ0v) is 21.4. The lowest BCUT2D eigenvalue weighted by atomic mass is 9.99. The molecule has 0 aliphatic carbocycles. The second-order valence-electron chi connectivity index (χ2n) is 9.50. The number of carbonyl (C=O) groups excluding carboxylic acids is 2. The van der Waals surface area contributed by atoms with Gasteiger partial charge < -0.3 is 25.4 Å². The Morgan fingerprint density at radius 2 is 1.55 bits per heavy atom. The molecule has 1 aliphatic heterocycles. The number of imidazole rings is 1. The summed E-state index contributed by atoms with van der Waals surface area (Å²) >= 11 is 0. The number of benzene rings is 4. The number of rotatable bonds is 5. The fourth-order valence-electron chi connectivity index (χ4n) is 5.02. The first-order chi connectivity index (χ1) is 19.5. The monoisotopic (exact) mass is 530 g/mol. The van der Waals surface area contributed by atoms with Crippen molar-refractivity contribution in [2.45, 2.75) is 12.7 Å². The second kappa shape index (κ2) is 10.6. The van der Waals surface area contributed by atoms with E-state index in [1.54, 1.807) is 36.4 Å². The van der Waals surface area contributed by atoms with Crippen LogP contribution < -0.4 is 10.2 Å². The Morgan fingerprint density at radius 1 is 0.875 bits per heavy atom. The lowest BCUT2D eigenvalue weighted by Gasteiger charge is -2.24. The van der Waals surface area contributed by atoms with E-state index < -0.39 is 6.10 Å². The maximum Gasteiger partial charge on any atom is 0.258 e. The highest BCUT2D eigenvalue weighted by Crippen LogP contribution is 2.39. The van der Waals surface area contributed by atoms with Gasteiger partial charge in [0.05, 0.1) is 23.6 Å². The summed E-state index contributed by atoms with van der Waals surface area (Å²) in [6, 6.07) is 31.1. The number of aliphatic hydroxyl groups is 2. The maximum absolute atomic E-state index is 13.7. The largest absolute Gasteiger partial charge is 0.388 e. The number of nitrogens with zero attached hydrogens (tertiary/aromatic N) is 2. The standard InChI is InChI=1S/C32H26N4O4/c37-19-28-34-29-25-12-6-7-13-26(25)36(18-27(38)30(29)35-28)32(40)21-14-16-22(17-15-21)33-31(39)24-11-5-4-10-23(24)20-8-2-1-3-9-20/h1-17,27,37-38H,18-19H2,(H,33,39)(H,34,35). The van der Waals surface area contributed by atoms with Crippen LogP contribution in [0.3, 0.4) is 0 Å². The van der Waals surface area contributed by atoms with Crippen molar-refractivity contribution >= 4 is 23.2 Å². The molecule has 1 atom stereocenters. The maximum atomic E-state index is 13.7. The average molecular weight is 531 g/mol. The van der Waals surface area contributed by atoms with Crippen molar-refractivity contribution in [1.82, 2.24) is 9.97 Å². The Balaban J connectivity index is 1.24. The molecule has 8 heteroatoms. The van der Waals surface area contributed by atoms with Crippen LogP contribution in [0.15, 0.2) is 103 Å². The second-order valence-corrected chi connectivity index (χ2v) is 9.50. The van der Waals surface area contributed by atoms with Crippen LogP contribution >= 0.6 is 0 Å². The lowest BCUT2D eigenvalue weighted by molar-refractivity contribution is 0.0961. The number of β-amino-alcohol motifs (C(OH)–C–C–N with tert-alkyl or cyclic N) is 1. The Labute approximate surface area is 230 Å². The summed E-state index contributed by atoms with van der Waals surface area (Å²) in [6.07, 6.45) is -1.03. The molecule has 0 saturated heterocycles. The third kappa shape index (κ3) is 4.66. The van der Waals surface area contributed by atoms with Gasteiger partial charge >= 0.3 is 0 Å². The molecule has 0 bridgehead atoms. The number of anilines is 2. The van der Waals surface area contributed by atoms with Crippen LogP contribution in [0.4, 0.5) is 11.4 Å². The first kappa shape index (κ1) is 25.2. The van der Waals surface area contributed by atoms with Gasteiger partial charge in [-0.15, -0.1) is 0 Å². The quantitative estimate of drug-likeness (QED) is 0.250. The zero-order valence-electron chi connectivity index (χ0n) is 21.4. The van der Waals surface area contributed by atoms with E-state index in [-0.39, 0.29) is 25.0 Å². The molecule has 2 amide bonds. The van der Waals surface area contributed by atoms with E-state index in [9.17, 15) is 19.8 Å². The molecule has 2 heterocycles. The van der Waals surface area contributed by atoms with Crippen LogP contribution in [0.5, 0.6) is 0 Å². The molecule has 1 aromatic heterocycles. The number of hydrogen-bond donors (Lipinski definition) is 4. The van der Waals surface area contributed by atoms with Gasteiger partial charge in [0, 0.05) is 22.4 Å². The molecule has 4 aromatic carbocycles.